The van der Waals surface area contributed by atoms with E-state index in [1.54, 1.807) is 64.0 Å². The Kier molecular flexibility index (Phi) is 7.67. The minimum atomic E-state index is -1.35. The predicted octanol–water partition coefficient (Wildman–Crippen LogP) is 5.08. The number of rotatable bonds is 6. The van der Waals surface area contributed by atoms with E-state index in [-0.39, 0.29) is 18.0 Å². The second kappa shape index (κ2) is 10.8. The summed E-state index contributed by atoms with van der Waals surface area (Å²) in [5, 5.41) is 4.60. The van der Waals surface area contributed by atoms with E-state index < -0.39 is 28.9 Å². The maximum absolute atomic E-state index is 14.0. The summed E-state index contributed by atoms with van der Waals surface area (Å²) in [7, 11) is 3.24. The number of Topliss-reactive ketones (excluding diaryl/α,β-unsaturated/α-hetero) is 1. The fourth-order valence-corrected chi connectivity index (χ4v) is 3.86. The van der Waals surface area contributed by atoms with Gasteiger partial charge in [0.2, 0.25) is 5.78 Å². The van der Waals surface area contributed by atoms with Crippen molar-refractivity contribution in [3.05, 3.63) is 72.1 Å². The average Bonchev–Trinajstić information content (AvgIpc) is 3.48. The van der Waals surface area contributed by atoms with Crippen LogP contribution in [0.4, 0.5) is 9.18 Å². The first-order chi connectivity index (χ1) is 18.4. The lowest BCUT2D eigenvalue weighted by atomic mass is 9.95. The number of pyridine rings is 1. The van der Waals surface area contributed by atoms with Crippen LogP contribution in [0.2, 0.25) is 0 Å². The smallest absolute Gasteiger partial charge is 0.420 e. The maximum Gasteiger partial charge on any atom is 0.420 e. The van der Waals surface area contributed by atoms with Crippen molar-refractivity contribution in [2.24, 2.45) is 7.05 Å². The van der Waals surface area contributed by atoms with Crippen molar-refractivity contribution in [3.8, 4) is 23.0 Å². The molecule has 10 heteroatoms. The first-order valence-corrected chi connectivity index (χ1v) is 12.1. The van der Waals surface area contributed by atoms with Gasteiger partial charge in [0.15, 0.2) is 5.60 Å². The molecule has 0 aliphatic heterocycles. The number of ether oxygens (including phenoxy) is 3. The van der Waals surface area contributed by atoms with Gasteiger partial charge in [0.05, 0.1) is 11.8 Å². The summed E-state index contributed by atoms with van der Waals surface area (Å²) >= 11 is 0. The Hall–Kier alpha value is -4.33. The lowest BCUT2D eigenvalue weighted by Crippen LogP contribution is -2.27. The number of fused-ring (bicyclic) bond motifs is 1. The van der Waals surface area contributed by atoms with Crippen LogP contribution in [0.1, 0.15) is 43.6 Å². The second-order valence-electron chi connectivity index (χ2n) is 10.1. The molecule has 0 aliphatic rings. The van der Waals surface area contributed by atoms with Crippen molar-refractivity contribution in [2.45, 2.75) is 38.9 Å². The number of carbonyl (C=O) groups is 2. The fraction of sp³-hybridized carbons (Fsp3) is 0.310. The number of benzene rings is 1. The monoisotopic (exact) mass is 532 g/mol. The lowest BCUT2D eigenvalue weighted by Gasteiger charge is -2.24. The van der Waals surface area contributed by atoms with Crippen molar-refractivity contribution in [3.63, 3.8) is 0 Å². The van der Waals surface area contributed by atoms with E-state index >= 15 is 0 Å². The molecule has 0 N–H and O–H groups in total. The molecule has 0 bridgehead atoms. The van der Waals surface area contributed by atoms with Gasteiger partial charge in [-0.2, -0.15) is 5.10 Å². The Morgan fingerprint density at radius 1 is 1.08 bits per heavy atom. The minimum Gasteiger partial charge on any atom is -0.443 e. The van der Waals surface area contributed by atoms with E-state index in [1.165, 1.54) is 36.1 Å². The molecule has 4 rings (SSSR count). The molecule has 3 aromatic heterocycles. The molecule has 0 amide bonds. The number of hydrogen-bond donors (Lipinski definition) is 0. The highest BCUT2D eigenvalue weighted by molar-refractivity contribution is 6.17. The van der Waals surface area contributed by atoms with Crippen molar-refractivity contribution in [1.82, 2.24) is 19.3 Å². The normalized spacial score (nSPS) is 13.0. The summed E-state index contributed by atoms with van der Waals surface area (Å²) in [6.07, 6.45) is 5.76. The van der Waals surface area contributed by atoms with Gasteiger partial charge in [-0.25, -0.2) is 18.7 Å². The molecule has 3 heterocycles. The summed E-state index contributed by atoms with van der Waals surface area (Å²) in [6, 6.07) is 7.52. The standard InChI is InChI=1S/C29H29FN4O5/c1-28(2,3)39-27(36)34-17-24(23-12-19(14-31-26(23)34)20-15-32-33(5)16-20)25(35)10-11-29(4,38-18-37-6)21-8-7-9-22(30)13-21/h7-9,12-17H,18H2,1-6H3. The van der Waals surface area contributed by atoms with Gasteiger partial charge in [0, 0.05) is 49.3 Å². The SMILES string of the molecule is COCOC(C)(C#CC(=O)c1cn(C(=O)OC(C)(C)C)c2ncc(-c3cnn(C)c3)cc12)c1cccc(F)c1. The Bertz CT molecular complexity index is 1610. The first kappa shape index (κ1) is 27.7. The number of methoxy groups -OCH3 is 1. The van der Waals surface area contributed by atoms with E-state index in [4.69, 9.17) is 14.2 Å². The van der Waals surface area contributed by atoms with Crippen molar-refractivity contribution >= 4 is 22.9 Å². The van der Waals surface area contributed by atoms with Crippen LogP contribution in [0.5, 0.6) is 0 Å². The Morgan fingerprint density at radius 3 is 2.49 bits per heavy atom. The zero-order valence-electron chi connectivity index (χ0n) is 22.6. The topological polar surface area (TPSA) is 97.5 Å². The van der Waals surface area contributed by atoms with Crippen LogP contribution in [0, 0.1) is 17.7 Å². The molecule has 0 saturated heterocycles. The quantitative estimate of drug-likeness (QED) is 0.148. The van der Waals surface area contributed by atoms with Crippen LogP contribution in [0.15, 0.2) is 55.1 Å². The molecule has 0 saturated carbocycles. The van der Waals surface area contributed by atoms with Crippen LogP contribution in [-0.2, 0) is 26.9 Å². The molecule has 4 aromatic rings. The third kappa shape index (κ3) is 6.22. The summed E-state index contributed by atoms with van der Waals surface area (Å²) in [4.78, 5) is 31.0. The molecule has 1 atom stereocenters. The van der Waals surface area contributed by atoms with Gasteiger partial charge in [-0.3, -0.25) is 9.48 Å². The number of ketones is 1. The van der Waals surface area contributed by atoms with E-state index in [9.17, 15) is 14.0 Å². The van der Waals surface area contributed by atoms with Gasteiger partial charge in [-0.15, -0.1) is 0 Å². The summed E-state index contributed by atoms with van der Waals surface area (Å²) in [5.41, 5.74) is 0.174. The van der Waals surface area contributed by atoms with Gasteiger partial charge < -0.3 is 14.2 Å². The molecular weight excluding hydrogens is 503 g/mol. The van der Waals surface area contributed by atoms with Crippen molar-refractivity contribution < 1.29 is 28.2 Å². The van der Waals surface area contributed by atoms with E-state index in [2.05, 4.69) is 21.9 Å². The van der Waals surface area contributed by atoms with Crippen LogP contribution in [-0.4, -0.2) is 50.7 Å². The number of hydrogen-bond acceptors (Lipinski definition) is 7. The molecule has 0 spiro atoms. The Morgan fingerprint density at radius 2 is 1.85 bits per heavy atom. The number of aryl methyl sites for hydroxylation is 1. The third-order valence-electron chi connectivity index (χ3n) is 5.77. The highest BCUT2D eigenvalue weighted by Crippen LogP contribution is 2.28. The van der Waals surface area contributed by atoms with Gasteiger partial charge >= 0.3 is 6.09 Å². The number of halogens is 1. The van der Waals surface area contributed by atoms with Gasteiger partial charge in [0.25, 0.3) is 0 Å². The summed E-state index contributed by atoms with van der Waals surface area (Å²) < 4.78 is 33.1. The molecular formula is C29H29FN4O5. The molecule has 0 fully saturated rings. The molecule has 1 aromatic carbocycles. The van der Waals surface area contributed by atoms with Gasteiger partial charge in [-0.1, -0.05) is 18.1 Å². The van der Waals surface area contributed by atoms with Gasteiger partial charge in [0.1, 0.15) is 23.9 Å². The van der Waals surface area contributed by atoms with E-state index in [0.29, 0.717) is 16.5 Å². The average molecular weight is 533 g/mol. The summed E-state index contributed by atoms with van der Waals surface area (Å²) in [6.45, 7) is 6.72. The molecule has 39 heavy (non-hydrogen) atoms. The summed E-state index contributed by atoms with van der Waals surface area (Å²) in [5.74, 6) is 4.40. The van der Waals surface area contributed by atoms with E-state index in [0.717, 1.165) is 5.56 Å². The molecule has 202 valence electrons. The lowest BCUT2D eigenvalue weighted by molar-refractivity contribution is -0.0991. The fourth-order valence-electron chi connectivity index (χ4n) is 3.86. The molecule has 0 radical (unpaired) electrons. The van der Waals surface area contributed by atoms with Crippen LogP contribution in [0.25, 0.3) is 22.2 Å². The Labute approximate surface area is 225 Å². The maximum atomic E-state index is 14.0. The van der Waals surface area contributed by atoms with Crippen molar-refractivity contribution in [2.75, 3.05) is 13.9 Å². The van der Waals surface area contributed by atoms with Crippen LogP contribution >= 0.6 is 0 Å². The number of nitrogens with zero attached hydrogens (tertiary/aromatic N) is 4. The number of aromatic nitrogens is 4. The Balaban J connectivity index is 1.82. The van der Waals surface area contributed by atoms with Crippen LogP contribution in [0.3, 0.4) is 0 Å². The highest BCUT2D eigenvalue weighted by atomic mass is 19.1. The molecule has 1 unspecified atom stereocenters. The molecule has 0 aliphatic carbocycles. The van der Waals surface area contributed by atoms with Crippen molar-refractivity contribution in [1.29, 1.82) is 0 Å². The zero-order chi connectivity index (χ0) is 28.4. The largest absolute Gasteiger partial charge is 0.443 e. The van der Waals surface area contributed by atoms with Gasteiger partial charge in [-0.05, 0) is 57.4 Å². The van der Waals surface area contributed by atoms with Crippen LogP contribution < -0.4 is 0 Å². The highest BCUT2D eigenvalue weighted by Gasteiger charge is 2.27. The predicted molar refractivity (Wildman–Crippen MR) is 142 cm³/mol. The van der Waals surface area contributed by atoms with E-state index in [1.807, 2.05) is 6.20 Å². The first-order valence-electron chi connectivity index (χ1n) is 12.1. The second-order valence-corrected chi connectivity index (χ2v) is 10.1. The number of carbonyl (C=O) groups excluding carboxylic acids is 2. The third-order valence-corrected chi connectivity index (χ3v) is 5.77. The minimum absolute atomic E-state index is 0.133. The molecule has 9 nitrogen and oxygen atoms in total. The zero-order valence-corrected chi connectivity index (χ0v) is 22.6.